The van der Waals surface area contributed by atoms with Gasteiger partial charge in [-0.2, -0.15) is 4.98 Å². The highest BCUT2D eigenvalue weighted by Gasteiger charge is 2.35. The molecule has 1 fully saturated rings. The number of anilines is 1. The molecule has 1 N–H and O–H groups in total. The van der Waals surface area contributed by atoms with Gasteiger partial charge >= 0.3 is 0 Å². The molecular weight excluding hydrogens is 428 g/mol. The second kappa shape index (κ2) is 9.44. The number of amides is 2. The highest BCUT2D eigenvalue weighted by Crippen LogP contribution is 2.25. The molecule has 0 aliphatic carbocycles. The van der Waals surface area contributed by atoms with E-state index in [9.17, 15) is 9.59 Å². The van der Waals surface area contributed by atoms with E-state index < -0.39 is 6.04 Å². The molecule has 1 aliphatic heterocycles. The highest BCUT2D eigenvalue weighted by molar-refractivity contribution is 7.99. The SMILES string of the molecule is Cc1nc(COc2ccc(C(=O)N3CSCC3C(=O)Nc3ccc(C)c(C)c3)cc2)no1. The summed E-state index contributed by atoms with van der Waals surface area (Å²) in [6.45, 7) is 5.91. The summed E-state index contributed by atoms with van der Waals surface area (Å²) >= 11 is 1.57. The molecule has 32 heavy (non-hydrogen) atoms. The Balaban J connectivity index is 1.39. The Morgan fingerprint density at radius 2 is 1.94 bits per heavy atom. The molecule has 166 valence electrons. The molecule has 2 amide bonds. The maximum Gasteiger partial charge on any atom is 0.255 e. The normalized spacial score (nSPS) is 15.6. The zero-order chi connectivity index (χ0) is 22.7. The Hall–Kier alpha value is -3.33. The van der Waals surface area contributed by atoms with Crippen molar-refractivity contribution in [3.8, 4) is 5.75 Å². The largest absolute Gasteiger partial charge is 0.485 e. The Morgan fingerprint density at radius 1 is 1.16 bits per heavy atom. The van der Waals surface area contributed by atoms with Crippen molar-refractivity contribution in [2.24, 2.45) is 0 Å². The van der Waals surface area contributed by atoms with Crippen molar-refractivity contribution in [2.75, 3.05) is 16.9 Å². The number of rotatable bonds is 6. The maximum atomic E-state index is 13.1. The summed E-state index contributed by atoms with van der Waals surface area (Å²) in [5, 5.41) is 6.73. The highest BCUT2D eigenvalue weighted by atomic mass is 32.2. The van der Waals surface area contributed by atoms with Crippen molar-refractivity contribution in [1.82, 2.24) is 15.0 Å². The lowest BCUT2D eigenvalue weighted by molar-refractivity contribution is -0.119. The second-order valence-electron chi connectivity index (χ2n) is 7.62. The van der Waals surface area contributed by atoms with Crippen LogP contribution in [0.2, 0.25) is 0 Å². The first kappa shape index (κ1) is 21.9. The van der Waals surface area contributed by atoms with E-state index in [-0.39, 0.29) is 18.4 Å². The number of hydrogen-bond donors (Lipinski definition) is 1. The Bertz CT molecular complexity index is 1130. The maximum absolute atomic E-state index is 13.1. The van der Waals surface area contributed by atoms with Crippen LogP contribution >= 0.6 is 11.8 Å². The monoisotopic (exact) mass is 452 g/mol. The van der Waals surface area contributed by atoms with Gasteiger partial charge in [0.05, 0.1) is 5.88 Å². The first-order chi connectivity index (χ1) is 15.4. The van der Waals surface area contributed by atoms with Gasteiger partial charge in [-0.3, -0.25) is 9.59 Å². The van der Waals surface area contributed by atoms with Crippen LogP contribution in [0.1, 0.15) is 33.2 Å². The van der Waals surface area contributed by atoms with Crippen molar-refractivity contribution >= 4 is 29.3 Å². The Labute approximate surface area is 190 Å². The number of nitrogens with one attached hydrogen (secondary N) is 1. The van der Waals surface area contributed by atoms with E-state index in [1.54, 1.807) is 47.9 Å². The molecule has 1 aliphatic rings. The van der Waals surface area contributed by atoms with Gasteiger partial charge in [-0.1, -0.05) is 11.2 Å². The molecule has 2 aromatic carbocycles. The molecule has 0 saturated carbocycles. The summed E-state index contributed by atoms with van der Waals surface area (Å²) in [5.74, 6) is 2.19. The van der Waals surface area contributed by atoms with Crippen molar-refractivity contribution in [1.29, 1.82) is 0 Å². The van der Waals surface area contributed by atoms with Crippen LogP contribution in [0.5, 0.6) is 5.75 Å². The van der Waals surface area contributed by atoms with Gasteiger partial charge in [0.1, 0.15) is 11.8 Å². The van der Waals surface area contributed by atoms with Crippen LogP contribution in [0, 0.1) is 20.8 Å². The fraction of sp³-hybridized carbons (Fsp3) is 0.304. The van der Waals surface area contributed by atoms with Gasteiger partial charge in [0.25, 0.3) is 5.91 Å². The lowest BCUT2D eigenvalue weighted by Crippen LogP contribution is -2.44. The average molecular weight is 453 g/mol. The molecule has 0 radical (unpaired) electrons. The number of ether oxygens (including phenoxy) is 1. The number of nitrogens with zero attached hydrogens (tertiary/aromatic N) is 3. The summed E-state index contributed by atoms with van der Waals surface area (Å²) in [5.41, 5.74) is 3.50. The van der Waals surface area contributed by atoms with Gasteiger partial charge in [0.15, 0.2) is 6.61 Å². The van der Waals surface area contributed by atoms with E-state index in [0.717, 1.165) is 16.8 Å². The molecule has 4 rings (SSSR count). The van der Waals surface area contributed by atoms with Crippen molar-refractivity contribution in [2.45, 2.75) is 33.4 Å². The Kier molecular flexibility index (Phi) is 6.45. The molecule has 2 heterocycles. The van der Waals surface area contributed by atoms with Crippen LogP contribution in [0.25, 0.3) is 0 Å². The molecule has 3 aromatic rings. The van der Waals surface area contributed by atoms with E-state index in [1.165, 1.54) is 0 Å². The molecule has 8 nitrogen and oxygen atoms in total. The van der Waals surface area contributed by atoms with Crippen LogP contribution in [-0.2, 0) is 11.4 Å². The summed E-state index contributed by atoms with van der Waals surface area (Å²) in [7, 11) is 0. The minimum Gasteiger partial charge on any atom is -0.485 e. The average Bonchev–Trinajstić information content (AvgIpc) is 3.44. The minimum atomic E-state index is -0.522. The van der Waals surface area contributed by atoms with Crippen LogP contribution in [-0.4, -0.2) is 44.5 Å². The van der Waals surface area contributed by atoms with E-state index in [0.29, 0.717) is 34.7 Å². The van der Waals surface area contributed by atoms with E-state index in [1.807, 2.05) is 32.0 Å². The molecule has 0 spiro atoms. The van der Waals surface area contributed by atoms with E-state index >= 15 is 0 Å². The molecular formula is C23H24N4O4S. The van der Waals surface area contributed by atoms with Crippen molar-refractivity contribution in [3.63, 3.8) is 0 Å². The fourth-order valence-corrected chi connectivity index (χ4v) is 4.47. The number of carbonyl (C=O) groups excluding carboxylic acids is 2. The first-order valence-corrected chi connectivity index (χ1v) is 11.3. The van der Waals surface area contributed by atoms with Crippen molar-refractivity contribution in [3.05, 3.63) is 70.9 Å². The number of thioether (sulfide) groups is 1. The number of benzene rings is 2. The lowest BCUT2D eigenvalue weighted by atomic mass is 10.1. The molecule has 1 aromatic heterocycles. The number of aryl methyl sites for hydroxylation is 3. The summed E-state index contributed by atoms with van der Waals surface area (Å²) in [6.07, 6.45) is 0. The van der Waals surface area contributed by atoms with Crippen LogP contribution < -0.4 is 10.1 Å². The topological polar surface area (TPSA) is 97.6 Å². The Morgan fingerprint density at radius 3 is 2.62 bits per heavy atom. The minimum absolute atomic E-state index is 0.175. The van der Waals surface area contributed by atoms with Crippen LogP contribution in [0.3, 0.4) is 0 Å². The third-order valence-electron chi connectivity index (χ3n) is 5.26. The van der Waals surface area contributed by atoms with Gasteiger partial charge in [-0.15, -0.1) is 11.8 Å². The first-order valence-electron chi connectivity index (χ1n) is 10.2. The van der Waals surface area contributed by atoms with Gasteiger partial charge in [-0.25, -0.2) is 0 Å². The van der Waals surface area contributed by atoms with Crippen molar-refractivity contribution < 1.29 is 18.8 Å². The number of hydrogen-bond acceptors (Lipinski definition) is 7. The predicted molar refractivity (Wildman–Crippen MR) is 122 cm³/mol. The quantitative estimate of drug-likeness (QED) is 0.609. The zero-order valence-corrected chi connectivity index (χ0v) is 18.9. The standard InChI is InChI=1S/C23H24N4O4S/c1-14-4-7-18(10-15(14)2)25-22(28)20-12-32-13-27(20)23(29)17-5-8-19(9-6-17)30-11-21-24-16(3)31-26-21/h4-10,20H,11-13H2,1-3H3,(H,25,28). The van der Waals surface area contributed by atoms with Gasteiger partial charge < -0.3 is 19.5 Å². The summed E-state index contributed by atoms with van der Waals surface area (Å²) in [4.78, 5) is 31.6. The van der Waals surface area contributed by atoms with E-state index in [4.69, 9.17) is 9.26 Å². The second-order valence-corrected chi connectivity index (χ2v) is 8.62. The van der Waals surface area contributed by atoms with Gasteiger partial charge in [0.2, 0.25) is 17.6 Å². The number of carbonyl (C=O) groups is 2. The van der Waals surface area contributed by atoms with Crippen LogP contribution in [0.4, 0.5) is 5.69 Å². The summed E-state index contributed by atoms with van der Waals surface area (Å²) in [6, 6.07) is 12.1. The van der Waals surface area contributed by atoms with Gasteiger partial charge in [-0.05, 0) is 61.4 Å². The summed E-state index contributed by atoms with van der Waals surface area (Å²) < 4.78 is 10.5. The third kappa shape index (κ3) is 4.94. The fourth-order valence-electron chi connectivity index (χ4n) is 3.31. The third-order valence-corrected chi connectivity index (χ3v) is 6.27. The smallest absolute Gasteiger partial charge is 0.255 e. The molecule has 1 unspecified atom stereocenters. The molecule has 9 heteroatoms. The van der Waals surface area contributed by atoms with Gasteiger partial charge in [0, 0.05) is 23.9 Å². The predicted octanol–water partition coefficient (Wildman–Crippen LogP) is 3.73. The molecule has 0 bridgehead atoms. The number of aromatic nitrogens is 2. The zero-order valence-electron chi connectivity index (χ0n) is 18.1. The molecule has 1 saturated heterocycles. The van der Waals surface area contributed by atoms with E-state index in [2.05, 4.69) is 15.5 Å². The molecule has 1 atom stereocenters. The van der Waals surface area contributed by atoms with Crippen LogP contribution in [0.15, 0.2) is 47.0 Å². The lowest BCUT2D eigenvalue weighted by Gasteiger charge is -2.23.